The average Bonchev–Trinajstić information content (AvgIpc) is 1.97. The lowest BCUT2D eigenvalue weighted by atomic mass is 10.2. The van der Waals surface area contributed by atoms with Gasteiger partial charge in [0, 0.05) is 42.6 Å². The minimum atomic E-state index is 0.0486. The zero-order chi connectivity index (χ0) is 8.43. The standard InChI is InChI=1S/C7H8INOS/c1-5-3-7(10)9(11-8)4-6(5)2/h3-4H,1-2H3. The predicted molar refractivity (Wildman–Crippen MR) is 57.2 cm³/mol. The molecule has 0 spiro atoms. The van der Waals surface area contributed by atoms with Crippen molar-refractivity contribution in [3.05, 3.63) is 33.7 Å². The molecule has 0 saturated heterocycles. The SMILES string of the molecule is Cc1cc(=O)n(SI)cc1C. The van der Waals surface area contributed by atoms with Crippen molar-refractivity contribution in [3.8, 4) is 0 Å². The summed E-state index contributed by atoms with van der Waals surface area (Å²) < 4.78 is 1.61. The first-order valence-corrected chi connectivity index (χ1v) is 6.45. The lowest BCUT2D eigenvalue weighted by Crippen LogP contribution is -2.13. The minimum absolute atomic E-state index is 0.0486. The molecule has 1 aromatic rings. The molecule has 0 bridgehead atoms. The fourth-order valence-electron chi connectivity index (χ4n) is 0.758. The fourth-order valence-corrected chi connectivity index (χ4v) is 2.00. The van der Waals surface area contributed by atoms with E-state index in [2.05, 4.69) is 21.2 Å². The van der Waals surface area contributed by atoms with Crippen molar-refractivity contribution in [3.63, 3.8) is 0 Å². The second kappa shape index (κ2) is 3.62. The Morgan fingerprint density at radius 3 is 2.64 bits per heavy atom. The van der Waals surface area contributed by atoms with Crippen molar-refractivity contribution in [2.45, 2.75) is 13.8 Å². The van der Waals surface area contributed by atoms with Gasteiger partial charge in [0.2, 0.25) is 0 Å². The van der Waals surface area contributed by atoms with E-state index in [9.17, 15) is 4.79 Å². The first-order chi connectivity index (χ1) is 5.15. The second-order valence-electron chi connectivity index (χ2n) is 2.37. The molecular weight excluding hydrogens is 273 g/mol. The molecule has 1 heterocycles. The highest BCUT2D eigenvalue weighted by atomic mass is 127. The summed E-state index contributed by atoms with van der Waals surface area (Å²) in [4.78, 5) is 11.2. The zero-order valence-electron chi connectivity index (χ0n) is 6.30. The van der Waals surface area contributed by atoms with Crippen LogP contribution in [-0.4, -0.2) is 3.97 Å². The van der Waals surface area contributed by atoms with Crippen LogP contribution in [0.25, 0.3) is 0 Å². The van der Waals surface area contributed by atoms with Gasteiger partial charge in [0.15, 0.2) is 0 Å². The highest BCUT2D eigenvalue weighted by Crippen LogP contribution is 2.13. The summed E-state index contributed by atoms with van der Waals surface area (Å²) in [6.45, 7) is 3.94. The van der Waals surface area contributed by atoms with Crippen LogP contribution in [0.2, 0.25) is 0 Å². The van der Waals surface area contributed by atoms with Crippen LogP contribution in [0, 0.1) is 13.8 Å². The fraction of sp³-hybridized carbons (Fsp3) is 0.286. The maximum atomic E-state index is 11.2. The number of rotatable bonds is 1. The molecule has 0 fully saturated rings. The van der Waals surface area contributed by atoms with E-state index in [-0.39, 0.29) is 5.56 Å². The summed E-state index contributed by atoms with van der Waals surface area (Å²) in [5.74, 6) is 0. The Morgan fingerprint density at radius 1 is 1.45 bits per heavy atom. The van der Waals surface area contributed by atoms with Crippen molar-refractivity contribution in [1.29, 1.82) is 0 Å². The Kier molecular flexibility index (Phi) is 3.00. The van der Waals surface area contributed by atoms with E-state index in [0.29, 0.717) is 0 Å². The summed E-state index contributed by atoms with van der Waals surface area (Å²) in [7, 11) is 1.39. The number of aryl methyl sites for hydroxylation is 2. The van der Waals surface area contributed by atoms with E-state index in [0.717, 1.165) is 11.1 Å². The third kappa shape index (κ3) is 1.99. The van der Waals surface area contributed by atoms with Gasteiger partial charge in [0.1, 0.15) is 0 Å². The first-order valence-electron chi connectivity index (χ1n) is 3.14. The average molecular weight is 281 g/mol. The number of hydrogen-bond acceptors (Lipinski definition) is 2. The zero-order valence-corrected chi connectivity index (χ0v) is 9.27. The van der Waals surface area contributed by atoms with Crippen molar-refractivity contribution in [2.24, 2.45) is 0 Å². The van der Waals surface area contributed by atoms with Gasteiger partial charge in [-0.15, -0.1) is 0 Å². The molecule has 0 saturated carbocycles. The van der Waals surface area contributed by atoms with E-state index in [1.807, 2.05) is 20.0 Å². The van der Waals surface area contributed by atoms with Gasteiger partial charge in [-0.1, -0.05) is 0 Å². The molecule has 0 aliphatic rings. The molecule has 0 amide bonds. The van der Waals surface area contributed by atoms with Gasteiger partial charge in [-0.2, -0.15) is 0 Å². The van der Waals surface area contributed by atoms with E-state index in [1.165, 1.54) is 9.12 Å². The second-order valence-corrected chi connectivity index (χ2v) is 4.09. The molecule has 11 heavy (non-hydrogen) atoms. The Morgan fingerprint density at radius 2 is 2.09 bits per heavy atom. The van der Waals surface area contributed by atoms with E-state index in [1.54, 1.807) is 10.0 Å². The number of pyridine rings is 1. The van der Waals surface area contributed by atoms with Crippen molar-refractivity contribution in [2.75, 3.05) is 0 Å². The van der Waals surface area contributed by atoms with Crippen molar-refractivity contribution in [1.82, 2.24) is 3.97 Å². The molecule has 1 rings (SSSR count). The normalized spacial score (nSPS) is 10.1. The summed E-state index contributed by atoms with van der Waals surface area (Å²) in [6.07, 6.45) is 1.86. The van der Waals surface area contributed by atoms with Crippen LogP contribution in [0.3, 0.4) is 0 Å². The minimum Gasteiger partial charge on any atom is -0.268 e. The Labute approximate surface area is 81.7 Å². The number of aromatic nitrogens is 1. The molecule has 0 radical (unpaired) electrons. The predicted octanol–water partition coefficient (Wildman–Crippen LogP) is 2.31. The molecule has 4 heteroatoms. The molecule has 0 aliphatic carbocycles. The lowest BCUT2D eigenvalue weighted by Gasteiger charge is -2.02. The van der Waals surface area contributed by atoms with Crippen LogP contribution in [0.4, 0.5) is 0 Å². The maximum Gasteiger partial charge on any atom is 0.261 e. The van der Waals surface area contributed by atoms with Crippen LogP contribution in [0.15, 0.2) is 17.1 Å². The van der Waals surface area contributed by atoms with Crippen LogP contribution >= 0.6 is 30.3 Å². The number of halogens is 1. The first kappa shape index (κ1) is 9.12. The molecular formula is C7H8INOS. The lowest BCUT2D eigenvalue weighted by molar-refractivity contribution is 1.10. The molecule has 0 aromatic carbocycles. The van der Waals surface area contributed by atoms with Gasteiger partial charge in [-0.05, 0) is 25.0 Å². The summed E-state index contributed by atoms with van der Waals surface area (Å²) >= 11 is 2.09. The van der Waals surface area contributed by atoms with Crippen molar-refractivity contribution >= 4 is 30.3 Å². The smallest absolute Gasteiger partial charge is 0.261 e. The Bertz CT molecular complexity index is 321. The Balaban J connectivity index is 3.32. The van der Waals surface area contributed by atoms with Gasteiger partial charge in [-0.3, -0.25) is 4.79 Å². The van der Waals surface area contributed by atoms with E-state index < -0.39 is 0 Å². The van der Waals surface area contributed by atoms with Gasteiger partial charge in [0.25, 0.3) is 5.56 Å². The van der Waals surface area contributed by atoms with Crippen molar-refractivity contribution < 1.29 is 0 Å². The highest BCUT2D eigenvalue weighted by molar-refractivity contribution is 14.2. The number of nitrogens with zero attached hydrogens (tertiary/aromatic N) is 1. The quantitative estimate of drug-likeness (QED) is 0.737. The van der Waals surface area contributed by atoms with Gasteiger partial charge in [0.05, 0.1) is 0 Å². The van der Waals surface area contributed by atoms with Gasteiger partial charge in [-0.25, -0.2) is 3.97 Å². The summed E-state index contributed by atoms with van der Waals surface area (Å²) in [5, 5.41) is 0. The molecule has 0 N–H and O–H groups in total. The van der Waals surface area contributed by atoms with Crippen LogP contribution in [0.5, 0.6) is 0 Å². The van der Waals surface area contributed by atoms with Gasteiger partial charge >= 0.3 is 0 Å². The van der Waals surface area contributed by atoms with E-state index >= 15 is 0 Å². The highest BCUT2D eigenvalue weighted by Gasteiger charge is 1.97. The molecule has 1 aromatic heterocycles. The van der Waals surface area contributed by atoms with Crippen LogP contribution in [-0.2, 0) is 0 Å². The van der Waals surface area contributed by atoms with Crippen LogP contribution in [0.1, 0.15) is 11.1 Å². The largest absolute Gasteiger partial charge is 0.268 e. The third-order valence-electron chi connectivity index (χ3n) is 1.56. The molecule has 0 atom stereocenters. The van der Waals surface area contributed by atoms with Crippen LogP contribution < -0.4 is 5.56 Å². The molecule has 0 unspecified atom stereocenters. The molecule has 2 nitrogen and oxygen atoms in total. The summed E-state index contributed by atoms with van der Waals surface area (Å²) in [6, 6.07) is 1.65. The topological polar surface area (TPSA) is 22.0 Å². The van der Waals surface area contributed by atoms with Gasteiger partial charge < -0.3 is 0 Å². The Hall–Kier alpha value is 0.0300. The third-order valence-corrected chi connectivity index (χ3v) is 3.27. The molecule has 60 valence electrons. The van der Waals surface area contributed by atoms with E-state index in [4.69, 9.17) is 0 Å². The number of hydrogen-bond donors (Lipinski definition) is 0. The monoisotopic (exact) mass is 281 g/mol. The summed E-state index contributed by atoms with van der Waals surface area (Å²) in [5.41, 5.74) is 2.25. The maximum absolute atomic E-state index is 11.2. The molecule has 0 aliphatic heterocycles.